The molecule has 0 atom stereocenters. The summed E-state index contributed by atoms with van der Waals surface area (Å²) in [5.41, 5.74) is 2.18. The summed E-state index contributed by atoms with van der Waals surface area (Å²) in [7, 11) is 0. The largest absolute Gasteiger partial charge is 0.478 e. The Morgan fingerprint density at radius 2 is 1.38 bits per heavy atom. The van der Waals surface area contributed by atoms with Crippen LogP contribution in [0.5, 0.6) is 11.5 Å². The number of hydrogen-bond donors (Lipinski definition) is 4. The van der Waals surface area contributed by atoms with Crippen LogP contribution in [0.3, 0.4) is 0 Å². The van der Waals surface area contributed by atoms with Gasteiger partial charge in [0.15, 0.2) is 0 Å². The molecule has 3 aromatic carbocycles. The van der Waals surface area contributed by atoms with E-state index < -0.39 is 17.2 Å². The molecule has 9 heteroatoms. The molecule has 4 aliphatic rings. The Kier molecular flexibility index (Phi) is 4.41. The van der Waals surface area contributed by atoms with Crippen LogP contribution in [0.1, 0.15) is 37.4 Å². The van der Waals surface area contributed by atoms with Crippen LogP contribution in [0.15, 0.2) is 54.6 Å². The number of β-amino-alcohol motifs (C(OH)–C–C–N with tert-alkyl or cyclic N) is 2. The number of rotatable bonds is 3. The molecule has 3 heterocycles. The zero-order chi connectivity index (χ0) is 25.6. The quantitative estimate of drug-likeness (QED) is 0.434. The molecule has 3 aliphatic heterocycles. The number of carboxylic acid groups (broad SMARTS) is 1. The fourth-order valence-electron chi connectivity index (χ4n) is 5.98. The van der Waals surface area contributed by atoms with Crippen molar-refractivity contribution in [3.8, 4) is 11.5 Å². The number of aromatic carboxylic acids is 1. The highest BCUT2D eigenvalue weighted by atomic mass is 16.5. The van der Waals surface area contributed by atoms with Gasteiger partial charge in [-0.1, -0.05) is 12.1 Å². The van der Waals surface area contributed by atoms with Crippen molar-refractivity contribution in [2.24, 2.45) is 0 Å². The van der Waals surface area contributed by atoms with Gasteiger partial charge in [-0.25, -0.2) is 4.79 Å². The minimum atomic E-state index is -1.33. The first-order valence-electron chi connectivity index (χ1n) is 12.1. The lowest BCUT2D eigenvalue weighted by Crippen LogP contribution is -2.51. The second-order valence-electron chi connectivity index (χ2n) is 10.1. The summed E-state index contributed by atoms with van der Waals surface area (Å²) >= 11 is 0. The normalized spacial score (nSPS) is 19.6. The lowest BCUT2D eigenvalue weighted by atomic mass is 9.67. The molecular weight excluding hydrogens is 474 g/mol. The molecule has 1 spiro atoms. The van der Waals surface area contributed by atoms with E-state index >= 15 is 0 Å². The highest BCUT2D eigenvalue weighted by Crippen LogP contribution is 2.57. The molecule has 0 aromatic heterocycles. The van der Waals surface area contributed by atoms with Crippen LogP contribution < -0.4 is 14.5 Å². The zero-order valence-electron chi connectivity index (χ0n) is 19.6. The first-order valence-corrected chi connectivity index (χ1v) is 12.1. The van der Waals surface area contributed by atoms with Crippen molar-refractivity contribution < 1.29 is 29.6 Å². The summed E-state index contributed by atoms with van der Waals surface area (Å²) < 4.78 is 6.41. The van der Waals surface area contributed by atoms with Crippen LogP contribution >= 0.6 is 0 Å². The summed E-state index contributed by atoms with van der Waals surface area (Å²) in [6.45, 7) is 2.00. The van der Waals surface area contributed by atoms with Gasteiger partial charge in [-0.05, 0) is 35.9 Å². The van der Waals surface area contributed by atoms with Crippen molar-refractivity contribution in [3.63, 3.8) is 0 Å². The molecule has 2 fully saturated rings. The van der Waals surface area contributed by atoms with Gasteiger partial charge in [-0.3, -0.25) is 10.2 Å². The number of carboxylic acids is 1. The summed E-state index contributed by atoms with van der Waals surface area (Å²) in [6.07, 6.45) is -0.777. The fourth-order valence-corrected chi connectivity index (χ4v) is 5.98. The van der Waals surface area contributed by atoms with Crippen molar-refractivity contribution in [2.45, 2.75) is 17.6 Å². The Morgan fingerprint density at radius 1 is 0.838 bits per heavy atom. The number of fused-ring (bicyclic) bond motifs is 6. The fraction of sp³-hybridized carbons (Fsp3) is 0.250. The van der Waals surface area contributed by atoms with Crippen LogP contribution in [-0.4, -0.2) is 71.2 Å². The highest BCUT2D eigenvalue weighted by Gasteiger charge is 2.56. The molecule has 37 heavy (non-hydrogen) atoms. The number of benzene rings is 3. The number of hydrogen-bond acceptors (Lipinski definition) is 8. The van der Waals surface area contributed by atoms with E-state index in [1.165, 1.54) is 18.2 Å². The number of aliphatic hydroxyl groups excluding tert-OH is 2. The summed E-state index contributed by atoms with van der Waals surface area (Å²) in [4.78, 5) is 29.3. The number of nitrogens with one attached hydrogen (secondary N) is 1. The molecule has 186 valence electrons. The third-order valence-electron chi connectivity index (χ3n) is 7.93. The molecule has 0 radical (unpaired) electrons. The van der Waals surface area contributed by atoms with Crippen LogP contribution in [-0.2, 0) is 5.41 Å². The van der Waals surface area contributed by atoms with E-state index in [9.17, 15) is 24.9 Å². The second kappa shape index (κ2) is 7.41. The van der Waals surface area contributed by atoms with Gasteiger partial charge >= 0.3 is 5.97 Å². The Balaban J connectivity index is 1.48. The van der Waals surface area contributed by atoms with Crippen LogP contribution in [0, 0.1) is 5.41 Å². The molecular formula is C28H23N3O6. The lowest BCUT2D eigenvalue weighted by Gasteiger charge is -2.42. The van der Waals surface area contributed by atoms with Gasteiger partial charge < -0.3 is 29.9 Å². The summed E-state index contributed by atoms with van der Waals surface area (Å²) in [5, 5.41) is 38.4. The second-order valence-corrected chi connectivity index (χ2v) is 10.1. The number of ketones is 1. The van der Waals surface area contributed by atoms with Gasteiger partial charge in [-0.15, -0.1) is 0 Å². The topological polar surface area (TPSA) is 134 Å². The van der Waals surface area contributed by atoms with E-state index in [1.807, 2.05) is 46.2 Å². The standard InChI is InChI=1S/C28H23N3O6/c29-26-25(34)19-4-1-14(27(35)36)7-22(19)28(26)20-5-2-15(30-10-17(32)11-30)8-23(20)37-24-9-16(3-6-21(24)28)31-12-18(33)13-31/h1-9,17-18,29,32-33H,10-13H2,(H,35,36). The van der Waals surface area contributed by atoms with E-state index in [4.69, 9.17) is 10.1 Å². The predicted molar refractivity (Wildman–Crippen MR) is 135 cm³/mol. The molecule has 0 saturated carbocycles. The van der Waals surface area contributed by atoms with Crippen LogP contribution in [0.4, 0.5) is 11.4 Å². The zero-order valence-corrected chi connectivity index (χ0v) is 19.6. The van der Waals surface area contributed by atoms with E-state index in [0.717, 1.165) is 11.4 Å². The molecule has 1 aliphatic carbocycles. The average Bonchev–Trinajstić information content (AvgIpc) is 3.06. The average molecular weight is 498 g/mol. The van der Waals surface area contributed by atoms with Crippen LogP contribution in [0.2, 0.25) is 0 Å². The van der Waals surface area contributed by atoms with Crippen molar-refractivity contribution in [2.75, 3.05) is 36.0 Å². The van der Waals surface area contributed by atoms with Crippen molar-refractivity contribution in [1.29, 1.82) is 5.41 Å². The van der Waals surface area contributed by atoms with Crippen molar-refractivity contribution in [3.05, 3.63) is 82.4 Å². The van der Waals surface area contributed by atoms with Gasteiger partial charge in [0.1, 0.15) is 11.5 Å². The number of Topliss-reactive ketones (excluding diaryl/α,β-unsaturated/α-hetero) is 1. The van der Waals surface area contributed by atoms with Gasteiger partial charge in [0.25, 0.3) is 0 Å². The number of aliphatic hydroxyl groups is 2. The molecule has 4 N–H and O–H groups in total. The minimum absolute atomic E-state index is 0.0348. The number of nitrogens with zero attached hydrogens (tertiary/aromatic N) is 2. The minimum Gasteiger partial charge on any atom is -0.478 e. The van der Waals surface area contributed by atoms with Gasteiger partial charge in [0, 0.05) is 66.4 Å². The SMILES string of the molecule is N=C1C(=O)c2ccc(C(=O)O)cc2C12c1ccc(N3CC(O)C3)cc1Oc1cc(N3CC(O)C3)ccc12. The molecule has 3 aromatic rings. The third-order valence-corrected chi connectivity index (χ3v) is 7.93. The summed E-state index contributed by atoms with van der Waals surface area (Å²) in [6, 6.07) is 15.5. The van der Waals surface area contributed by atoms with E-state index in [1.54, 1.807) is 0 Å². The maximum Gasteiger partial charge on any atom is 0.335 e. The summed E-state index contributed by atoms with van der Waals surface area (Å²) in [5.74, 6) is -0.623. The van der Waals surface area contributed by atoms with Crippen molar-refractivity contribution >= 4 is 28.8 Å². The lowest BCUT2D eigenvalue weighted by molar-refractivity contribution is 0.0696. The first kappa shape index (κ1) is 22.0. The van der Waals surface area contributed by atoms with Gasteiger partial charge in [0.05, 0.1) is 28.9 Å². The maximum absolute atomic E-state index is 13.4. The maximum atomic E-state index is 13.4. The number of ether oxygens (including phenoxy) is 1. The molecule has 7 rings (SSSR count). The molecule has 0 unspecified atom stereocenters. The van der Waals surface area contributed by atoms with E-state index in [0.29, 0.717) is 59.9 Å². The van der Waals surface area contributed by atoms with Gasteiger partial charge in [0.2, 0.25) is 5.78 Å². The van der Waals surface area contributed by atoms with E-state index in [2.05, 4.69) is 0 Å². The predicted octanol–water partition coefficient (Wildman–Crippen LogP) is 2.40. The first-order chi connectivity index (χ1) is 17.8. The monoisotopic (exact) mass is 497 g/mol. The molecule has 9 nitrogen and oxygen atoms in total. The molecule has 2 saturated heterocycles. The third kappa shape index (κ3) is 2.89. The number of anilines is 2. The van der Waals surface area contributed by atoms with Gasteiger partial charge in [-0.2, -0.15) is 0 Å². The smallest absolute Gasteiger partial charge is 0.335 e. The number of carbonyl (C=O) groups is 2. The van der Waals surface area contributed by atoms with Crippen molar-refractivity contribution in [1.82, 2.24) is 0 Å². The number of carbonyl (C=O) groups excluding carboxylic acids is 1. The molecule has 0 bridgehead atoms. The van der Waals surface area contributed by atoms with Crippen LogP contribution in [0.25, 0.3) is 0 Å². The highest BCUT2D eigenvalue weighted by molar-refractivity contribution is 6.53. The Hall–Kier alpha value is -4.21. The Labute approximate surface area is 211 Å². The Morgan fingerprint density at radius 3 is 1.86 bits per heavy atom. The molecule has 0 amide bonds. The van der Waals surface area contributed by atoms with E-state index in [-0.39, 0.29) is 23.5 Å². The Bertz CT molecular complexity index is 1470.